The summed E-state index contributed by atoms with van der Waals surface area (Å²) in [7, 11) is 0. The number of rotatable bonds is 2. The zero-order valence-corrected chi connectivity index (χ0v) is 12.0. The van der Waals surface area contributed by atoms with E-state index in [9.17, 15) is 0 Å². The predicted molar refractivity (Wildman–Crippen MR) is 90.4 cm³/mol. The summed E-state index contributed by atoms with van der Waals surface area (Å²) in [6, 6.07) is 26.7. The van der Waals surface area contributed by atoms with E-state index in [1.807, 2.05) is 42.6 Å². The summed E-state index contributed by atoms with van der Waals surface area (Å²) in [5.41, 5.74) is 3.11. The van der Waals surface area contributed by atoms with Crippen molar-refractivity contribution in [1.82, 2.24) is 9.97 Å². The minimum atomic E-state index is 0.762. The molecule has 4 aromatic rings. The summed E-state index contributed by atoms with van der Waals surface area (Å²) >= 11 is 0. The normalized spacial score (nSPS) is 10.7. The number of nitrogens with zero attached hydrogens (tertiary/aromatic N) is 2. The van der Waals surface area contributed by atoms with Gasteiger partial charge in [0.2, 0.25) is 0 Å². The Kier molecular flexibility index (Phi) is 3.13. The lowest BCUT2D eigenvalue weighted by atomic mass is 10.0. The lowest BCUT2D eigenvalue weighted by molar-refractivity contribution is 1.18. The molecule has 0 unspecified atom stereocenters. The largest absolute Gasteiger partial charge is 0.237 e. The molecule has 3 aromatic carbocycles. The zero-order chi connectivity index (χ0) is 14.8. The van der Waals surface area contributed by atoms with Gasteiger partial charge in [0, 0.05) is 17.3 Å². The lowest BCUT2D eigenvalue weighted by Gasteiger charge is -2.07. The molecule has 2 nitrogen and oxygen atoms in total. The van der Waals surface area contributed by atoms with Crippen LogP contribution in [-0.4, -0.2) is 9.97 Å². The third-order valence-corrected chi connectivity index (χ3v) is 3.76. The first kappa shape index (κ1) is 12.7. The maximum atomic E-state index is 4.75. The number of benzene rings is 3. The molecule has 4 rings (SSSR count). The van der Waals surface area contributed by atoms with Gasteiger partial charge in [-0.3, -0.25) is 0 Å². The molecule has 0 aliphatic carbocycles. The van der Waals surface area contributed by atoms with Crippen molar-refractivity contribution in [3.63, 3.8) is 0 Å². The van der Waals surface area contributed by atoms with Gasteiger partial charge in [-0.2, -0.15) is 0 Å². The fourth-order valence-electron chi connectivity index (χ4n) is 2.68. The molecule has 0 radical (unpaired) electrons. The summed E-state index contributed by atoms with van der Waals surface area (Å²) in [5.74, 6) is 0.762. The van der Waals surface area contributed by atoms with Crippen LogP contribution in [0, 0.1) is 0 Å². The van der Waals surface area contributed by atoms with E-state index < -0.39 is 0 Å². The van der Waals surface area contributed by atoms with E-state index in [0.29, 0.717) is 0 Å². The molecule has 0 amide bonds. The molecule has 0 fully saturated rings. The van der Waals surface area contributed by atoms with Gasteiger partial charge in [0.1, 0.15) is 0 Å². The molecule has 0 spiro atoms. The average Bonchev–Trinajstić information content (AvgIpc) is 2.62. The van der Waals surface area contributed by atoms with Crippen LogP contribution in [0.25, 0.3) is 33.4 Å². The van der Waals surface area contributed by atoms with Crippen LogP contribution in [0.2, 0.25) is 0 Å². The molecule has 0 aliphatic rings. The van der Waals surface area contributed by atoms with Crippen LogP contribution in [0.4, 0.5) is 0 Å². The molecule has 0 saturated heterocycles. The maximum Gasteiger partial charge on any atom is 0.160 e. The van der Waals surface area contributed by atoms with E-state index in [2.05, 4.69) is 47.4 Å². The van der Waals surface area contributed by atoms with Gasteiger partial charge in [0.25, 0.3) is 0 Å². The van der Waals surface area contributed by atoms with Crippen molar-refractivity contribution in [2.45, 2.75) is 0 Å². The van der Waals surface area contributed by atoms with Crippen LogP contribution >= 0.6 is 0 Å². The third-order valence-electron chi connectivity index (χ3n) is 3.76. The summed E-state index contributed by atoms with van der Waals surface area (Å²) in [5, 5.41) is 2.38. The van der Waals surface area contributed by atoms with Crippen molar-refractivity contribution in [3.8, 4) is 22.6 Å². The topological polar surface area (TPSA) is 25.8 Å². The Morgan fingerprint density at radius 3 is 2.32 bits per heavy atom. The molecular weight excluding hydrogens is 268 g/mol. The van der Waals surface area contributed by atoms with Gasteiger partial charge in [-0.25, -0.2) is 9.97 Å². The quantitative estimate of drug-likeness (QED) is 0.519. The molecule has 0 atom stereocenters. The Labute approximate surface area is 129 Å². The van der Waals surface area contributed by atoms with Crippen molar-refractivity contribution in [2.24, 2.45) is 0 Å². The molecule has 2 heteroatoms. The van der Waals surface area contributed by atoms with Gasteiger partial charge >= 0.3 is 0 Å². The molecule has 1 aromatic heterocycles. The fourth-order valence-corrected chi connectivity index (χ4v) is 2.68. The lowest BCUT2D eigenvalue weighted by Crippen LogP contribution is -1.92. The molecule has 22 heavy (non-hydrogen) atoms. The molecule has 1 heterocycles. The van der Waals surface area contributed by atoms with Crippen molar-refractivity contribution in [3.05, 3.63) is 85.1 Å². The smallest absolute Gasteiger partial charge is 0.160 e. The first-order valence-electron chi connectivity index (χ1n) is 7.28. The highest BCUT2D eigenvalue weighted by molar-refractivity contribution is 5.95. The zero-order valence-electron chi connectivity index (χ0n) is 12.0. The van der Waals surface area contributed by atoms with Crippen molar-refractivity contribution in [2.75, 3.05) is 0 Å². The van der Waals surface area contributed by atoms with Crippen LogP contribution < -0.4 is 0 Å². The third kappa shape index (κ3) is 2.25. The van der Waals surface area contributed by atoms with E-state index in [4.69, 9.17) is 4.98 Å². The van der Waals surface area contributed by atoms with E-state index in [1.54, 1.807) is 0 Å². The van der Waals surface area contributed by atoms with Gasteiger partial charge in [0.05, 0.1) is 5.69 Å². The minimum absolute atomic E-state index is 0.762. The highest BCUT2D eigenvalue weighted by Gasteiger charge is 2.07. The van der Waals surface area contributed by atoms with Gasteiger partial charge in [-0.15, -0.1) is 0 Å². The molecule has 0 saturated carbocycles. The van der Waals surface area contributed by atoms with Crippen molar-refractivity contribution < 1.29 is 0 Å². The van der Waals surface area contributed by atoms with E-state index >= 15 is 0 Å². The van der Waals surface area contributed by atoms with Gasteiger partial charge in [0.15, 0.2) is 5.82 Å². The molecule has 104 valence electrons. The van der Waals surface area contributed by atoms with E-state index in [-0.39, 0.29) is 0 Å². The second-order valence-electron chi connectivity index (χ2n) is 5.16. The summed E-state index contributed by atoms with van der Waals surface area (Å²) in [6.07, 6.45) is 1.83. The SMILES string of the molecule is c1ccc(-c2ccnc(-c3cccc4ccccc34)n2)cc1. The number of hydrogen-bond acceptors (Lipinski definition) is 2. The summed E-state index contributed by atoms with van der Waals surface area (Å²) < 4.78 is 0. The average molecular weight is 282 g/mol. The summed E-state index contributed by atoms with van der Waals surface area (Å²) in [6.45, 7) is 0. The number of hydrogen-bond donors (Lipinski definition) is 0. The molecule has 0 aliphatic heterocycles. The predicted octanol–water partition coefficient (Wildman–Crippen LogP) is 4.96. The Hall–Kier alpha value is -3.00. The van der Waals surface area contributed by atoms with Crippen LogP contribution in [-0.2, 0) is 0 Å². The Morgan fingerprint density at radius 2 is 1.41 bits per heavy atom. The Balaban J connectivity index is 1.89. The second-order valence-corrected chi connectivity index (χ2v) is 5.16. The second kappa shape index (κ2) is 5.41. The number of aromatic nitrogens is 2. The Morgan fingerprint density at radius 1 is 0.636 bits per heavy atom. The van der Waals surface area contributed by atoms with E-state index in [0.717, 1.165) is 22.6 Å². The first-order valence-corrected chi connectivity index (χ1v) is 7.28. The minimum Gasteiger partial charge on any atom is -0.237 e. The molecule has 0 N–H and O–H groups in total. The van der Waals surface area contributed by atoms with Crippen molar-refractivity contribution >= 4 is 10.8 Å². The Bertz CT molecular complexity index is 925. The highest BCUT2D eigenvalue weighted by Crippen LogP contribution is 2.27. The number of fused-ring (bicyclic) bond motifs is 1. The standard InChI is InChI=1S/C20H14N2/c1-2-8-16(9-3-1)19-13-14-21-20(22-19)18-12-6-10-15-7-4-5-11-17(15)18/h1-14H. The van der Waals surface area contributed by atoms with Crippen LogP contribution in [0.15, 0.2) is 85.1 Å². The molecular formula is C20H14N2. The fraction of sp³-hybridized carbons (Fsp3) is 0. The van der Waals surface area contributed by atoms with E-state index in [1.165, 1.54) is 10.8 Å². The van der Waals surface area contributed by atoms with Crippen LogP contribution in [0.5, 0.6) is 0 Å². The monoisotopic (exact) mass is 282 g/mol. The van der Waals surface area contributed by atoms with Crippen molar-refractivity contribution in [1.29, 1.82) is 0 Å². The van der Waals surface area contributed by atoms with Gasteiger partial charge in [-0.1, -0.05) is 72.8 Å². The van der Waals surface area contributed by atoms with Crippen LogP contribution in [0.3, 0.4) is 0 Å². The highest BCUT2D eigenvalue weighted by atomic mass is 14.9. The maximum absolute atomic E-state index is 4.75. The van der Waals surface area contributed by atoms with Gasteiger partial charge in [-0.05, 0) is 16.8 Å². The summed E-state index contributed by atoms with van der Waals surface area (Å²) in [4.78, 5) is 9.23. The first-order chi connectivity index (χ1) is 10.9. The van der Waals surface area contributed by atoms with Crippen LogP contribution in [0.1, 0.15) is 0 Å². The van der Waals surface area contributed by atoms with Gasteiger partial charge < -0.3 is 0 Å². The molecule has 0 bridgehead atoms.